The Morgan fingerprint density at radius 1 is 1.12 bits per heavy atom. The van der Waals surface area contributed by atoms with Gasteiger partial charge in [0.2, 0.25) is 11.1 Å². The van der Waals surface area contributed by atoms with Gasteiger partial charge in [-0.05, 0) is 54.5 Å². The van der Waals surface area contributed by atoms with Crippen LogP contribution >= 0.6 is 11.8 Å². The molecule has 1 amide bonds. The van der Waals surface area contributed by atoms with Crippen LogP contribution in [0.15, 0.2) is 47.6 Å². The number of amides is 1. The van der Waals surface area contributed by atoms with Gasteiger partial charge in [-0.1, -0.05) is 47.7 Å². The van der Waals surface area contributed by atoms with Crippen LogP contribution in [0.1, 0.15) is 16.7 Å². The van der Waals surface area contributed by atoms with Crippen molar-refractivity contribution >= 4 is 23.4 Å². The number of thioether (sulfide) groups is 1. The molecule has 2 aromatic carbocycles. The summed E-state index contributed by atoms with van der Waals surface area (Å²) in [6.07, 6.45) is 0. The quantitative estimate of drug-likeness (QED) is 0.713. The Balaban J connectivity index is 1.69. The number of nitrogens with zero attached hydrogens (tertiary/aromatic N) is 4. The van der Waals surface area contributed by atoms with Crippen LogP contribution in [0.4, 0.5) is 5.69 Å². The van der Waals surface area contributed by atoms with Gasteiger partial charge >= 0.3 is 0 Å². The lowest BCUT2D eigenvalue weighted by Crippen LogP contribution is -2.15. The minimum atomic E-state index is -0.0884. The number of nitrogens with one attached hydrogen (secondary N) is 1. The van der Waals surface area contributed by atoms with E-state index in [1.165, 1.54) is 17.3 Å². The van der Waals surface area contributed by atoms with Crippen molar-refractivity contribution in [3.8, 4) is 5.69 Å². The molecule has 0 aliphatic heterocycles. The Bertz CT molecular complexity index is 906. The van der Waals surface area contributed by atoms with Crippen molar-refractivity contribution in [3.63, 3.8) is 0 Å². The molecule has 0 aliphatic rings. The maximum atomic E-state index is 12.2. The molecule has 6 nitrogen and oxygen atoms in total. The van der Waals surface area contributed by atoms with Crippen LogP contribution in [0.5, 0.6) is 0 Å². The fourth-order valence-electron chi connectivity index (χ4n) is 2.49. The van der Waals surface area contributed by atoms with Crippen molar-refractivity contribution in [2.75, 3.05) is 11.1 Å². The highest BCUT2D eigenvalue weighted by molar-refractivity contribution is 7.99. The first-order valence-electron chi connectivity index (χ1n) is 7.89. The number of para-hydroxylation sites is 1. The number of aryl methyl sites for hydroxylation is 3. The van der Waals surface area contributed by atoms with Gasteiger partial charge in [0.25, 0.3) is 0 Å². The van der Waals surface area contributed by atoms with Crippen LogP contribution in [0.3, 0.4) is 0 Å². The van der Waals surface area contributed by atoms with Crippen molar-refractivity contribution in [2.45, 2.75) is 25.9 Å². The van der Waals surface area contributed by atoms with E-state index in [0.717, 1.165) is 22.5 Å². The second kappa shape index (κ2) is 7.48. The lowest BCUT2D eigenvalue weighted by atomic mass is 10.1. The molecule has 0 saturated carbocycles. The van der Waals surface area contributed by atoms with Crippen LogP contribution in [-0.4, -0.2) is 31.9 Å². The molecule has 1 heterocycles. The first-order valence-corrected chi connectivity index (χ1v) is 8.87. The minimum Gasteiger partial charge on any atom is -0.325 e. The molecule has 0 unspecified atom stereocenters. The van der Waals surface area contributed by atoms with E-state index in [4.69, 9.17) is 0 Å². The third-order valence-corrected chi connectivity index (χ3v) is 4.69. The molecule has 7 heteroatoms. The SMILES string of the molecule is Cc1ccc(-n2nnnc2SCC(=O)Nc2ccccc2C)c(C)c1. The predicted octanol–water partition coefficient (Wildman–Crippen LogP) is 3.32. The molecule has 128 valence electrons. The van der Waals surface area contributed by atoms with E-state index in [2.05, 4.69) is 26.9 Å². The molecule has 0 spiro atoms. The van der Waals surface area contributed by atoms with E-state index in [9.17, 15) is 4.79 Å². The summed E-state index contributed by atoms with van der Waals surface area (Å²) in [6, 6.07) is 13.8. The van der Waals surface area contributed by atoms with E-state index in [1.807, 2.05) is 57.2 Å². The van der Waals surface area contributed by atoms with E-state index in [1.54, 1.807) is 4.68 Å². The number of anilines is 1. The Labute approximate surface area is 150 Å². The Morgan fingerprint density at radius 2 is 1.92 bits per heavy atom. The monoisotopic (exact) mass is 353 g/mol. The van der Waals surface area contributed by atoms with Crippen LogP contribution in [0.25, 0.3) is 5.69 Å². The standard InChI is InChI=1S/C18H19N5OS/c1-12-8-9-16(14(3)10-12)23-18(20-21-22-23)25-11-17(24)19-15-7-5-4-6-13(15)2/h4-10H,11H2,1-3H3,(H,19,24). The molecule has 0 bridgehead atoms. The summed E-state index contributed by atoms with van der Waals surface area (Å²) >= 11 is 1.31. The largest absolute Gasteiger partial charge is 0.325 e. The summed E-state index contributed by atoms with van der Waals surface area (Å²) in [5, 5.41) is 15.3. The second-order valence-electron chi connectivity index (χ2n) is 5.81. The topological polar surface area (TPSA) is 72.7 Å². The molecule has 1 aromatic heterocycles. The number of carbonyl (C=O) groups is 1. The molecule has 0 saturated heterocycles. The van der Waals surface area contributed by atoms with Crippen molar-refractivity contribution in [1.82, 2.24) is 20.2 Å². The van der Waals surface area contributed by atoms with Gasteiger partial charge in [0.15, 0.2) is 0 Å². The maximum absolute atomic E-state index is 12.2. The normalized spacial score (nSPS) is 10.7. The molecule has 0 aliphatic carbocycles. The number of rotatable bonds is 5. The number of tetrazole rings is 1. The molecule has 1 N–H and O–H groups in total. The highest BCUT2D eigenvalue weighted by Crippen LogP contribution is 2.22. The Kier molecular flexibility index (Phi) is 5.14. The first kappa shape index (κ1) is 17.2. The molecular weight excluding hydrogens is 334 g/mol. The van der Waals surface area contributed by atoms with Gasteiger partial charge in [-0.3, -0.25) is 4.79 Å². The van der Waals surface area contributed by atoms with Crippen LogP contribution in [0, 0.1) is 20.8 Å². The van der Waals surface area contributed by atoms with Crippen molar-refractivity contribution < 1.29 is 4.79 Å². The van der Waals surface area contributed by atoms with E-state index >= 15 is 0 Å². The Hall–Kier alpha value is -2.67. The number of hydrogen-bond acceptors (Lipinski definition) is 5. The van der Waals surface area contributed by atoms with Gasteiger partial charge in [-0.2, -0.15) is 4.68 Å². The molecule has 3 rings (SSSR count). The van der Waals surface area contributed by atoms with E-state index in [-0.39, 0.29) is 11.7 Å². The summed E-state index contributed by atoms with van der Waals surface area (Å²) in [5.74, 6) is 0.147. The molecule has 0 radical (unpaired) electrons. The van der Waals surface area contributed by atoms with E-state index in [0.29, 0.717) is 5.16 Å². The van der Waals surface area contributed by atoms with Gasteiger partial charge in [-0.25, -0.2) is 0 Å². The highest BCUT2D eigenvalue weighted by atomic mass is 32.2. The van der Waals surface area contributed by atoms with Crippen molar-refractivity contribution in [1.29, 1.82) is 0 Å². The molecule has 25 heavy (non-hydrogen) atoms. The third-order valence-electron chi connectivity index (χ3n) is 3.77. The number of carbonyl (C=O) groups excluding carboxylic acids is 1. The average Bonchev–Trinajstić information content (AvgIpc) is 3.03. The molecular formula is C18H19N5OS. The smallest absolute Gasteiger partial charge is 0.234 e. The lowest BCUT2D eigenvalue weighted by Gasteiger charge is -2.09. The van der Waals surface area contributed by atoms with Crippen LogP contribution in [0.2, 0.25) is 0 Å². The van der Waals surface area contributed by atoms with Gasteiger partial charge in [0.1, 0.15) is 0 Å². The summed E-state index contributed by atoms with van der Waals surface area (Å²) < 4.78 is 1.67. The summed E-state index contributed by atoms with van der Waals surface area (Å²) in [4.78, 5) is 12.2. The fourth-order valence-corrected chi connectivity index (χ4v) is 3.18. The first-order chi connectivity index (χ1) is 12.0. The van der Waals surface area contributed by atoms with Gasteiger partial charge in [0, 0.05) is 5.69 Å². The molecule has 0 atom stereocenters. The summed E-state index contributed by atoms with van der Waals surface area (Å²) in [7, 11) is 0. The second-order valence-corrected chi connectivity index (χ2v) is 6.76. The zero-order valence-corrected chi connectivity index (χ0v) is 15.2. The van der Waals surface area contributed by atoms with Crippen molar-refractivity contribution in [2.24, 2.45) is 0 Å². The summed E-state index contributed by atoms with van der Waals surface area (Å²) in [5.41, 5.74) is 5.03. The fraction of sp³-hybridized carbons (Fsp3) is 0.222. The lowest BCUT2D eigenvalue weighted by molar-refractivity contribution is -0.113. The number of aromatic nitrogens is 4. The zero-order valence-electron chi connectivity index (χ0n) is 14.4. The predicted molar refractivity (Wildman–Crippen MR) is 99.2 cm³/mol. The Morgan fingerprint density at radius 3 is 2.68 bits per heavy atom. The minimum absolute atomic E-state index is 0.0884. The highest BCUT2D eigenvalue weighted by Gasteiger charge is 2.13. The number of benzene rings is 2. The maximum Gasteiger partial charge on any atom is 0.234 e. The van der Waals surface area contributed by atoms with Crippen LogP contribution < -0.4 is 5.32 Å². The van der Waals surface area contributed by atoms with Gasteiger partial charge in [0.05, 0.1) is 11.4 Å². The third kappa shape index (κ3) is 4.06. The number of hydrogen-bond donors (Lipinski definition) is 1. The zero-order chi connectivity index (χ0) is 17.8. The van der Waals surface area contributed by atoms with E-state index < -0.39 is 0 Å². The summed E-state index contributed by atoms with van der Waals surface area (Å²) in [6.45, 7) is 6.02. The average molecular weight is 353 g/mol. The molecule has 0 fully saturated rings. The van der Waals surface area contributed by atoms with Gasteiger partial charge in [-0.15, -0.1) is 5.10 Å². The molecule has 3 aromatic rings. The van der Waals surface area contributed by atoms with Crippen molar-refractivity contribution in [3.05, 3.63) is 59.2 Å². The van der Waals surface area contributed by atoms with Crippen LogP contribution in [-0.2, 0) is 4.79 Å². The van der Waals surface area contributed by atoms with Gasteiger partial charge < -0.3 is 5.32 Å².